The van der Waals surface area contributed by atoms with Crippen LogP contribution in [-0.2, 0) is 4.79 Å². The third kappa shape index (κ3) is 4.21. The van der Waals surface area contributed by atoms with Crippen LogP contribution < -0.4 is 10.2 Å². The molecule has 1 aromatic rings. The highest BCUT2D eigenvalue weighted by Gasteiger charge is 2.08. The maximum atomic E-state index is 12.9. The maximum Gasteiger partial charge on any atom is 0.277 e. The Morgan fingerprint density at radius 3 is 3.00 bits per heavy atom. The molecule has 0 spiro atoms. The molecule has 0 atom stereocenters. The number of hydrazone groups is 1. The second kappa shape index (κ2) is 6.13. The van der Waals surface area contributed by atoms with E-state index in [4.69, 9.17) is 4.74 Å². The van der Waals surface area contributed by atoms with Gasteiger partial charge in [0.15, 0.2) is 6.61 Å². The summed E-state index contributed by atoms with van der Waals surface area (Å²) in [5, 5.41) is 3.99. The molecule has 1 amide bonds. The van der Waals surface area contributed by atoms with Crippen molar-refractivity contribution in [3.63, 3.8) is 0 Å². The molecule has 0 bridgehead atoms. The molecule has 0 saturated carbocycles. The number of hydrogen-bond donors (Lipinski definition) is 1. The van der Waals surface area contributed by atoms with Crippen LogP contribution in [0.25, 0.3) is 0 Å². The van der Waals surface area contributed by atoms with Crippen LogP contribution in [0.2, 0.25) is 0 Å². The zero-order chi connectivity index (χ0) is 13.7. The van der Waals surface area contributed by atoms with E-state index in [0.717, 1.165) is 18.6 Å². The van der Waals surface area contributed by atoms with E-state index in [9.17, 15) is 9.18 Å². The van der Waals surface area contributed by atoms with Gasteiger partial charge in [0.1, 0.15) is 11.6 Å². The Hall–Kier alpha value is -2.17. The number of carbonyl (C=O) groups excluding carboxylic acids is 1. The van der Waals surface area contributed by atoms with E-state index < -0.39 is 5.82 Å². The van der Waals surface area contributed by atoms with Gasteiger partial charge in [0.25, 0.3) is 5.91 Å². The topological polar surface area (TPSA) is 50.7 Å². The predicted molar refractivity (Wildman–Crippen MR) is 70.5 cm³/mol. The van der Waals surface area contributed by atoms with Crippen molar-refractivity contribution < 1.29 is 13.9 Å². The van der Waals surface area contributed by atoms with Crippen molar-refractivity contribution in [3.05, 3.63) is 41.7 Å². The molecule has 1 aliphatic carbocycles. The molecule has 1 aliphatic rings. The minimum absolute atomic E-state index is 0.192. The number of rotatable bonds is 4. The summed E-state index contributed by atoms with van der Waals surface area (Å²) >= 11 is 0. The van der Waals surface area contributed by atoms with Crippen LogP contribution in [0.1, 0.15) is 19.8 Å². The van der Waals surface area contributed by atoms with Crippen LogP contribution in [0.5, 0.6) is 5.75 Å². The van der Waals surface area contributed by atoms with Crippen molar-refractivity contribution in [2.24, 2.45) is 5.10 Å². The number of benzene rings is 1. The number of nitrogens with zero attached hydrogens (tertiary/aromatic N) is 1. The predicted octanol–water partition coefficient (Wildman–Crippen LogP) is 2.42. The molecule has 19 heavy (non-hydrogen) atoms. The highest BCUT2D eigenvalue weighted by Crippen LogP contribution is 2.14. The summed E-state index contributed by atoms with van der Waals surface area (Å²) in [6.07, 6.45) is 3.78. The van der Waals surface area contributed by atoms with Gasteiger partial charge in [0, 0.05) is 6.07 Å². The summed E-state index contributed by atoms with van der Waals surface area (Å²) in [5.74, 6) is -0.446. The number of hydrogen-bond acceptors (Lipinski definition) is 3. The first-order chi connectivity index (χ1) is 9.13. The lowest BCUT2D eigenvalue weighted by atomic mass is 10.3. The van der Waals surface area contributed by atoms with Gasteiger partial charge < -0.3 is 4.74 Å². The van der Waals surface area contributed by atoms with Crippen molar-refractivity contribution >= 4 is 11.6 Å². The molecule has 0 aliphatic heterocycles. The Bertz CT molecular complexity index is 538. The van der Waals surface area contributed by atoms with E-state index in [0.29, 0.717) is 5.75 Å². The summed E-state index contributed by atoms with van der Waals surface area (Å²) in [6.45, 7) is 1.83. The van der Waals surface area contributed by atoms with Crippen LogP contribution in [0, 0.1) is 5.82 Å². The first kappa shape index (κ1) is 13.3. The molecular weight excluding hydrogens is 247 g/mol. The van der Waals surface area contributed by atoms with Gasteiger partial charge >= 0.3 is 0 Å². The van der Waals surface area contributed by atoms with Gasteiger partial charge in [-0.25, -0.2) is 9.82 Å². The molecule has 0 fully saturated rings. The van der Waals surface area contributed by atoms with Crippen LogP contribution in [0.3, 0.4) is 0 Å². The second-order valence-electron chi connectivity index (χ2n) is 4.37. The third-order valence-corrected chi connectivity index (χ3v) is 2.68. The van der Waals surface area contributed by atoms with Gasteiger partial charge in [0.2, 0.25) is 0 Å². The minimum atomic E-state index is -0.398. The molecule has 0 radical (unpaired) electrons. The average Bonchev–Trinajstić information content (AvgIpc) is 2.80. The Balaban J connectivity index is 1.79. The van der Waals surface area contributed by atoms with Gasteiger partial charge in [-0.05, 0) is 38.0 Å². The van der Waals surface area contributed by atoms with Crippen LogP contribution in [0.15, 0.2) is 41.0 Å². The fourth-order valence-electron chi connectivity index (χ4n) is 1.71. The van der Waals surface area contributed by atoms with Crippen molar-refractivity contribution in [1.29, 1.82) is 0 Å². The van der Waals surface area contributed by atoms with Gasteiger partial charge in [-0.15, -0.1) is 0 Å². The van der Waals surface area contributed by atoms with Crippen molar-refractivity contribution in [2.45, 2.75) is 19.8 Å². The molecule has 0 saturated heterocycles. The lowest BCUT2D eigenvalue weighted by Crippen LogP contribution is -2.25. The Labute approximate surface area is 111 Å². The number of allylic oxidation sites excluding steroid dienone is 2. The second-order valence-corrected chi connectivity index (χ2v) is 4.37. The highest BCUT2D eigenvalue weighted by atomic mass is 19.1. The monoisotopic (exact) mass is 262 g/mol. The quantitative estimate of drug-likeness (QED) is 0.847. The first-order valence-electron chi connectivity index (χ1n) is 6.04. The van der Waals surface area contributed by atoms with E-state index in [2.05, 4.69) is 10.5 Å². The van der Waals surface area contributed by atoms with E-state index in [1.54, 1.807) is 6.07 Å². The highest BCUT2D eigenvalue weighted by molar-refractivity contribution is 5.98. The summed E-state index contributed by atoms with van der Waals surface area (Å²) in [4.78, 5) is 11.5. The van der Waals surface area contributed by atoms with Crippen LogP contribution >= 0.6 is 0 Å². The van der Waals surface area contributed by atoms with Crippen molar-refractivity contribution in [1.82, 2.24) is 5.43 Å². The zero-order valence-electron chi connectivity index (χ0n) is 10.6. The number of nitrogens with one attached hydrogen (secondary N) is 1. The van der Waals surface area contributed by atoms with E-state index in [-0.39, 0.29) is 12.5 Å². The molecule has 100 valence electrons. The lowest BCUT2D eigenvalue weighted by Gasteiger charge is -2.05. The van der Waals surface area contributed by atoms with Crippen molar-refractivity contribution in [3.8, 4) is 5.75 Å². The summed E-state index contributed by atoms with van der Waals surface area (Å²) in [7, 11) is 0. The number of halogens is 1. The first-order valence-corrected chi connectivity index (χ1v) is 6.04. The van der Waals surface area contributed by atoms with E-state index in [1.807, 2.05) is 13.0 Å². The van der Waals surface area contributed by atoms with Gasteiger partial charge in [-0.1, -0.05) is 11.6 Å². The number of ether oxygens (including phenoxy) is 1. The SMILES string of the molecule is CC1=C/C(=N/NC(=O)COc2cccc(F)c2)CC1. The third-order valence-electron chi connectivity index (χ3n) is 2.68. The fraction of sp³-hybridized carbons (Fsp3) is 0.286. The summed E-state index contributed by atoms with van der Waals surface area (Å²) in [6, 6.07) is 5.65. The largest absolute Gasteiger partial charge is 0.484 e. The normalized spacial score (nSPS) is 16.3. The fourth-order valence-corrected chi connectivity index (χ4v) is 1.71. The van der Waals surface area contributed by atoms with Gasteiger partial charge in [-0.2, -0.15) is 5.10 Å². The van der Waals surface area contributed by atoms with E-state index >= 15 is 0 Å². The average molecular weight is 262 g/mol. The molecule has 2 rings (SSSR count). The molecule has 0 heterocycles. The Kier molecular flexibility index (Phi) is 4.28. The zero-order valence-corrected chi connectivity index (χ0v) is 10.6. The Morgan fingerprint density at radius 1 is 1.47 bits per heavy atom. The Morgan fingerprint density at radius 2 is 2.32 bits per heavy atom. The van der Waals surface area contributed by atoms with Gasteiger partial charge in [0.05, 0.1) is 5.71 Å². The molecule has 0 aromatic heterocycles. The van der Waals surface area contributed by atoms with Gasteiger partial charge in [-0.3, -0.25) is 4.79 Å². The summed E-state index contributed by atoms with van der Waals surface area (Å²) < 4.78 is 18.0. The minimum Gasteiger partial charge on any atom is -0.484 e. The molecule has 1 N–H and O–H groups in total. The van der Waals surface area contributed by atoms with E-state index in [1.165, 1.54) is 23.8 Å². The molecule has 5 heteroatoms. The van der Waals surface area contributed by atoms with Crippen LogP contribution in [-0.4, -0.2) is 18.2 Å². The number of amides is 1. The summed E-state index contributed by atoms with van der Waals surface area (Å²) in [5.41, 5.74) is 4.53. The van der Waals surface area contributed by atoms with Crippen LogP contribution in [0.4, 0.5) is 4.39 Å². The molecule has 0 unspecified atom stereocenters. The lowest BCUT2D eigenvalue weighted by molar-refractivity contribution is -0.123. The molecule has 1 aromatic carbocycles. The number of carbonyl (C=O) groups is 1. The molecule has 4 nitrogen and oxygen atoms in total. The smallest absolute Gasteiger partial charge is 0.277 e. The van der Waals surface area contributed by atoms with Crippen molar-refractivity contribution in [2.75, 3.05) is 6.61 Å². The molecular formula is C14H15FN2O2. The standard InChI is InChI=1S/C14H15FN2O2/c1-10-5-6-12(7-10)16-17-14(18)9-19-13-4-2-3-11(15)8-13/h2-4,7-8H,5-6,9H2,1H3,(H,17,18)/b16-12+. The maximum absolute atomic E-state index is 12.9.